The molecule has 1 amide bonds. The van der Waals surface area contributed by atoms with Crippen LogP contribution in [0.1, 0.15) is 21.6 Å². The van der Waals surface area contributed by atoms with Crippen LogP contribution in [0.15, 0.2) is 65.5 Å². The zero-order chi connectivity index (χ0) is 20.7. The van der Waals surface area contributed by atoms with E-state index in [1.165, 1.54) is 4.52 Å². The first-order valence-electron chi connectivity index (χ1n) is 9.76. The molecule has 0 aliphatic carbocycles. The summed E-state index contributed by atoms with van der Waals surface area (Å²) in [7, 11) is 1.62. The van der Waals surface area contributed by atoms with E-state index in [0.29, 0.717) is 42.0 Å². The second kappa shape index (κ2) is 7.18. The molecule has 2 aromatic heterocycles. The first-order valence-corrected chi connectivity index (χ1v) is 9.76. The third-order valence-corrected chi connectivity index (χ3v) is 5.48. The SMILES string of the molecule is COc1ccc(-c2cc3nc4c(c(=O)n3[nH]2)CCN(C(=O)c2ccccc2)C4)cc1. The Balaban J connectivity index is 1.50. The van der Waals surface area contributed by atoms with E-state index in [9.17, 15) is 9.59 Å². The average molecular weight is 400 g/mol. The number of ether oxygens (including phenoxy) is 1. The Kier molecular flexibility index (Phi) is 4.35. The minimum Gasteiger partial charge on any atom is -0.497 e. The summed E-state index contributed by atoms with van der Waals surface area (Å²) >= 11 is 0. The van der Waals surface area contributed by atoms with Crippen molar-refractivity contribution in [3.8, 4) is 17.0 Å². The van der Waals surface area contributed by atoms with Crippen molar-refractivity contribution in [2.75, 3.05) is 13.7 Å². The molecule has 4 aromatic rings. The van der Waals surface area contributed by atoms with Crippen molar-refractivity contribution in [1.29, 1.82) is 0 Å². The van der Waals surface area contributed by atoms with Gasteiger partial charge in [0, 0.05) is 23.7 Å². The smallest absolute Gasteiger partial charge is 0.276 e. The number of benzene rings is 2. The monoisotopic (exact) mass is 400 g/mol. The highest BCUT2D eigenvalue weighted by Crippen LogP contribution is 2.23. The highest BCUT2D eigenvalue weighted by atomic mass is 16.5. The van der Waals surface area contributed by atoms with Gasteiger partial charge in [0.05, 0.1) is 25.0 Å². The minimum absolute atomic E-state index is 0.0451. The predicted octanol–water partition coefficient (Wildman–Crippen LogP) is 2.90. The fraction of sp³-hybridized carbons (Fsp3) is 0.174. The number of carbonyl (C=O) groups is 1. The van der Waals surface area contributed by atoms with E-state index in [-0.39, 0.29) is 11.5 Å². The third kappa shape index (κ3) is 3.04. The lowest BCUT2D eigenvalue weighted by Gasteiger charge is -2.27. The van der Waals surface area contributed by atoms with E-state index in [0.717, 1.165) is 17.0 Å². The summed E-state index contributed by atoms with van der Waals surface area (Å²) in [6, 6.07) is 18.6. The molecule has 0 bridgehead atoms. The molecule has 30 heavy (non-hydrogen) atoms. The van der Waals surface area contributed by atoms with Crippen molar-refractivity contribution in [1.82, 2.24) is 19.5 Å². The predicted molar refractivity (Wildman–Crippen MR) is 113 cm³/mol. The van der Waals surface area contributed by atoms with Crippen molar-refractivity contribution < 1.29 is 9.53 Å². The first-order chi connectivity index (χ1) is 14.6. The first kappa shape index (κ1) is 18.2. The number of amides is 1. The summed E-state index contributed by atoms with van der Waals surface area (Å²) in [5.74, 6) is 0.722. The zero-order valence-electron chi connectivity index (χ0n) is 16.5. The van der Waals surface area contributed by atoms with Crippen LogP contribution in [0.2, 0.25) is 0 Å². The Morgan fingerprint density at radius 1 is 1.10 bits per heavy atom. The zero-order valence-corrected chi connectivity index (χ0v) is 16.5. The molecule has 7 heteroatoms. The van der Waals surface area contributed by atoms with Crippen LogP contribution >= 0.6 is 0 Å². The van der Waals surface area contributed by atoms with E-state index in [1.807, 2.05) is 48.5 Å². The molecule has 3 heterocycles. The number of rotatable bonds is 3. The summed E-state index contributed by atoms with van der Waals surface area (Å²) in [5, 5.41) is 3.15. The molecule has 0 fully saturated rings. The van der Waals surface area contributed by atoms with Crippen molar-refractivity contribution in [2.45, 2.75) is 13.0 Å². The van der Waals surface area contributed by atoms with Crippen LogP contribution in [0.25, 0.3) is 16.9 Å². The molecule has 0 radical (unpaired) electrons. The van der Waals surface area contributed by atoms with E-state index in [2.05, 4.69) is 5.10 Å². The summed E-state index contributed by atoms with van der Waals surface area (Å²) in [4.78, 5) is 32.3. The number of hydrogen-bond donors (Lipinski definition) is 1. The lowest BCUT2D eigenvalue weighted by molar-refractivity contribution is 0.0731. The fourth-order valence-corrected chi connectivity index (χ4v) is 3.85. The van der Waals surface area contributed by atoms with Crippen LogP contribution in [0.3, 0.4) is 0 Å². The van der Waals surface area contributed by atoms with Crippen LogP contribution in [0.5, 0.6) is 5.75 Å². The van der Waals surface area contributed by atoms with Crippen LogP contribution in [-0.2, 0) is 13.0 Å². The lowest BCUT2D eigenvalue weighted by atomic mass is 10.1. The number of fused-ring (bicyclic) bond motifs is 2. The average Bonchev–Trinajstić information content (AvgIpc) is 3.23. The molecule has 150 valence electrons. The summed E-state index contributed by atoms with van der Waals surface area (Å²) in [5.41, 5.74) is 4.12. The van der Waals surface area contributed by atoms with Gasteiger partial charge < -0.3 is 9.64 Å². The fourth-order valence-electron chi connectivity index (χ4n) is 3.85. The molecular formula is C23H20N4O3. The van der Waals surface area contributed by atoms with Crippen molar-refractivity contribution >= 4 is 11.6 Å². The van der Waals surface area contributed by atoms with E-state index in [4.69, 9.17) is 9.72 Å². The minimum atomic E-state index is -0.110. The Morgan fingerprint density at radius 2 is 1.87 bits per heavy atom. The van der Waals surface area contributed by atoms with Gasteiger partial charge in [-0.3, -0.25) is 14.7 Å². The molecular weight excluding hydrogens is 380 g/mol. The number of H-pyrrole nitrogens is 1. The third-order valence-electron chi connectivity index (χ3n) is 5.48. The van der Waals surface area contributed by atoms with Crippen molar-refractivity contribution in [3.63, 3.8) is 0 Å². The number of nitrogens with zero attached hydrogens (tertiary/aromatic N) is 3. The lowest BCUT2D eigenvalue weighted by Crippen LogP contribution is -2.39. The van der Waals surface area contributed by atoms with Crippen LogP contribution in [0, 0.1) is 0 Å². The second-order valence-electron chi connectivity index (χ2n) is 7.28. The van der Waals surface area contributed by atoms with E-state index < -0.39 is 0 Å². The standard InChI is InChI=1S/C23H20N4O3/c1-30-17-9-7-15(8-10-17)19-13-21-24-20-14-26(22(28)16-5-3-2-4-6-16)12-11-18(20)23(29)27(21)25-19/h2-10,13,25H,11-12,14H2,1H3. The second-order valence-corrected chi connectivity index (χ2v) is 7.28. The van der Waals surface area contributed by atoms with E-state index in [1.54, 1.807) is 24.1 Å². The molecule has 5 rings (SSSR count). The van der Waals surface area contributed by atoms with Gasteiger partial charge in [-0.25, -0.2) is 9.50 Å². The molecule has 1 aliphatic rings. The number of aromatic amines is 1. The van der Waals surface area contributed by atoms with Crippen LogP contribution in [-0.4, -0.2) is 39.1 Å². The molecule has 0 spiro atoms. The molecule has 7 nitrogen and oxygen atoms in total. The summed E-state index contributed by atoms with van der Waals surface area (Å²) < 4.78 is 6.68. The molecule has 2 aromatic carbocycles. The maximum absolute atomic E-state index is 13.0. The molecule has 0 unspecified atom stereocenters. The molecule has 0 saturated heterocycles. The molecule has 1 N–H and O–H groups in total. The molecule has 1 aliphatic heterocycles. The number of hydrogen-bond acceptors (Lipinski definition) is 4. The van der Waals surface area contributed by atoms with Gasteiger partial charge in [-0.1, -0.05) is 18.2 Å². The molecule has 0 saturated carbocycles. The van der Waals surface area contributed by atoms with Gasteiger partial charge in [-0.2, -0.15) is 0 Å². The quantitative estimate of drug-likeness (QED) is 0.574. The Morgan fingerprint density at radius 3 is 2.60 bits per heavy atom. The molecule has 0 atom stereocenters. The van der Waals surface area contributed by atoms with Crippen molar-refractivity contribution in [3.05, 3.63) is 87.8 Å². The highest BCUT2D eigenvalue weighted by molar-refractivity contribution is 5.94. The van der Waals surface area contributed by atoms with Crippen molar-refractivity contribution in [2.24, 2.45) is 0 Å². The van der Waals surface area contributed by atoms with Gasteiger partial charge in [-0.15, -0.1) is 0 Å². The number of nitrogens with one attached hydrogen (secondary N) is 1. The van der Waals surface area contributed by atoms with Gasteiger partial charge in [0.25, 0.3) is 11.5 Å². The summed E-state index contributed by atoms with van der Waals surface area (Å²) in [6.45, 7) is 0.827. The summed E-state index contributed by atoms with van der Waals surface area (Å²) in [6.07, 6.45) is 0.486. The van der Waals surface area contributed by atoms with Gasteiger partial charge in [0.1, 0.15) is 5.75 Å². The number of carbonyl (C=O) groups excluding carboxylic acids is 1. The Hall–Kier alpha value is -3.87. The largest absolute Gasteiger partial charge is 0.497 e. The van der Waals surface area contributed by atoms with Gasteiger partial charge in [0.2, 0.25) is 0 Å². The number of methoxy groups -OCH3 is 1. The van der Waals surface area contributed by atoms with Crippen LogP contribution in [0.4, 0.5) is 0 Å². The topological polar surface area (TPSA) is 79.7 Å². The van der Waals surface area contributed by atoms with Gasteiger partial charge in [-0.05, 0) is 48.4 Å². The Bertz CT molecular complexity index is 1290. The Labute approximate surface area is 172 Å². The number of aromatic nitrogens is 3. The van der Waals surface area contributed by atoms with E-state index >= 15 is 0 Å². The van der Waals surface area contributed by atoms with Gasteiger partial charge >= 0.3 is 0 Å². The van der Waals surface area contributed by atoms with Gasteiger partial charge in [0.15, 0.2) is 5.65 Å². The maximum atomic E-state index is 13.0. The maximum Gasteiger partial charge on any atom is 0.276 e. The van der Waals surface area contributed by atoms with Crippen LogP contribution < -0.4 is 10.3 Å². The highest BCUT2D eigenvalue weighted by Gasteiger charge is 2.26. The normalized spacial score (nSPS) is 13.3.